The molecule has 1 aromatic rings. The van der Waals surface area contributed by atoms with Gasteiger partial charge in [-0.2, -0.15) is 0 Å². The SMILES string of the molecule is CCc1ccc(C2CCNCC2)s1. The van der Waals surface area contributed by atoms with Crippen molar-refractivity contribution < 1.29 is 0 Å². The van der Waals surface area contributed by atoms with E-state index in [-0.39, 0.29) is 0 Å². The van der Waals surface area contributed by atoms with Gasteiger partial charge in [0.25, 0.3) is 0 Å². The van der Waals surface area contributed by atoms with Gasteiger partial charge in [0.2, 0.25) is 0 Å². The summed E-state index contributed by atoms with van der Waals surface area (Å²) in [4.78, 5) is 3.15. The molecule has 0 saturated carbocycles. The van der Waals surface area contributed by atoms with Gasteiger partial charge in [-0.15, -0.1) is 11.3 Å². The molecule has 0 unspecified atom stereocenters. The van der Waals surface area contributed by atoms with Crippen LogP contribution in [0.3, 0.4) is 0 Å². The zero-order valence-corrected chi connectivity index (χ0v) is 8.99. The lowest BCUT2D eigenvalue weighted by atomic mass is 9.97. The van der Waals surface area contributed by atoms with Crippen LogP contribution in [0.1, 0.15) is 35.4 Å². The number of rotatable bonds is 2. The van der Waals surface area contributed by atoms with Crippen molar-refractivity contribution in [2.45, 2.75) is 32.1 Å². The van der Waals surface area contributed by atoms with Crippen LogP contribution >= 0.6 is 11.3 Å². The molecule has 2 rings (SSSR count). The van der Waals surface area contributed by atoms with E-state index in [0.29, 0.717) is 0 Å². The summed E-state index contributed by atoms with van der Waals surface area (Å²) in [5.74, 6) is 0.839. The second-order valence-corrected chi connectivity index (χ2v) is 4.88. The Hall–Kier alpha value is -0.340. The highest BCUT2D eigenvalue weighted by Gasteiger charge is 2.16. The van der Waals surface area contributed by atoms with E-state index >= 15 is 0 Å². The molecule has 1 fully saturated rings. The van der Waals surface area contributed by atoms with E-state index in [2.05, 4.69) is 24.4 Å². The third-order valence-corrected chi connectivity index (χ3v) is 4.16. The normalized spacial score (nSPS) is 19.2. The first kappa shape index (κ1) is 9.22. The molecule has 0 aliphatic carbocycles. The van der Waals surface area contributed by atoms with E-state index in [1.54, 1.807) is 4.88 Å². The number of thiophene rings is 1. The van der Waals surface area contributed by atoms with Crippen LogP contribution in [0, 0.1) is 0 Å². The summed E-state index contributed by atoms with van der Waals surface area (Å²) in [7, 11) is 0. The maximum Gasteiger partial charge on any atom is 0.00800 e. The third-order valence-electron chi connectivity index (χ3n) is 2.77. The van der Waals surface area contributed by atoms with E-state index in [1.165, 1.54) is 37.2 Å². The second-order valence-electron chi connectivity index (χ2n) is 3.68. The maximum absolute atomic E-state index is 3.41. The highest BCUT2D eigenvalue weighted by atomic mass is 32.1. The quantitative estimate of drug-likeness (QED) is 0.765. The lowest BCUT2D eigenvalue weighted by Gasteiger charge is -2.21. The van der Waals surface area contributed by atoms with Crippen LogP contribution < -0.4 is 5.32 Å². The van der Waals surface area contributed by atoms with Crippen LogP contribution in [0.4, 0.5) is 0 Å². The first-order valence-corrected chi connectivity index (χ1v) is 6.01. The summed E-state index contributed by atoms with van der Waals surface area (Å²) in [6.07, 6.45) is 3.84. The van der Waals surface area contributed by atoms with Gasteiger partial charge in [0.05, 0.1) is 0 Å². The molecule has 1 aliphatic rings. The average molecular weight is 195 g/mol. The molecule has 2 heterocycles. The molecule has 2 heteroatoms. The van der Waals surface area contributed by atoms with E-state index in [4.69, 9.17) is 0 Å². The molecule has 1 N–H and O–H groups in total. The maximum atomic E-state index is 3.41. The largest absolute Gasteiger partial charge is 0.317 e. The smallest absolute Gasteiger partial charge is 0.00800 e. The van der Waals surface area contributed by atoms with Crippen LogP contribution in [0.25, 0.3) is 0 Å². The van der Waals surface area contributed by atoms with Crippen molar-refractivity contribution in [1.82, 2.24) is 5.32 Å². The minimum Gasteiger partial charge on any atom is -0.317 e. The number of piperidine rings is 1. The molecule has 1 aromatic heterocycles. The highest BCUT2D eigenvalue weighted by Crippen LogP contribution is 2.31. The summed E-state index contributed by atoms with van der Waals surface area (Å²) in [6, 6.07) is 4.63. The van der Waals surface area contributed by atoms with Gasteiger partial charge in [-0.1, -0.05) is 6.92 Å². The van der Waals surface area contributed by atoms with Crippen molar-refractivity contribution >= 4 is 11.3 Å². The summed E-state index contributed by atoms with van der Waals surface area (Å²) < 4.78 is 0. The average Bonchev–Trinajstić information content (AvgIpc) is 2.67. The van der Waals surface area contributed by atoms with E-state index in [1.807, 2.05) is 11.3 Å². The Labute approximate surface area is 84.2 Å². The zero-order chi connectivity index (χ0) is 9.10. The van der Waals surface area contributed by atoms with Crippen molar-refractivity contribution in [3.63, 3.8) is 0 Å². The van der Waals surface area contributed by atoms with Crippen LogP contribution in [0.5, 0.6) is 0 Å². The van der Waals surface area contributed by atoms with Crippen molar-refractivity contribution in [3.8, 4) is 0 Å². The van der Waals surface area contributed by atoms with Gasteiger partial charge in [0, 0.05) is 9.75 Å². The first-order chi connectivity index (χ1) is 6.40. The van der Waals surface area contributed by atoms with Crippen LogP contribution in [-0.2, 0) is 6.42 Å². The lowest BCUT2D eigenvalue weighted by Crippen LogP contribution is -2.26. The molecular formula is C11H17NS. The number of nitrogens with one attached hydrogen (secondary N) is 1. The monoisotopic (exact) mass is 195 g/mol. The molecule has 0 atom stereocenters. The fraction of sp³-hybridized carbons (Fsp3) is 0.636. The Bertz CT molecular complexity index is 261. The second kappa shape index (κ2) is 4.25. The molecule has 0 radical (unpaired) electrons. The molecule has 0 amide bonds. The summed E-state index contributed by atoms with van der Waals surface area (Å²) >= 11 is 2.01. The van der Waals surface area contributed by atoms with E-state index in [9.17, 15) is 0 Å². The van der Waals surface area contributed by atoms with Gasteiger partial charge in [-0.05, 0) is 50.4 Å². The molecular weight excluding hydrogens is 178 g/mol. The molecule has 0 aromatic carbocycles. The van der Waals surface area contributed by atoms with Gasteiger partial charge in [0.15, 0.2) is 0 Å². The van der Waals surface area contributed by atoms with Gasteiger partial charge in [0.1, 0.15) is 0 Å². The molecule has 1 saturated heterocycles. The lowest BCUT2D eigenvalue weighted by molar-refractivity contribution is 0.465. The third kappa shape index (κ3) is 2.12. The Balaban J connectivity index is 2.05. The number of hydrogen-bond donors (Lipinski definition) is 1. The molecule has 0 spiro atoms. The summed E-state index contributed by atoms with van der Waals surface area (Å²) in [5, 5.41) is 3.41. The minimum absolute atomic E-state index is 0.839. The minimum atomic E-state index is 0.839. The van der Waals surface area contributed by atoms with Gasteiger partial charge < -0.3 is 5.32 Å². The molecule has 0 bridgehead atoms. The van der Waals surface area contributed by atoms with E-state index in [0.717, 1.165) is 5.92 Å². The van der Waals surface area contributed by atoms with Crippen LogP contribution in [-0.4, -0.2) is 13.1 Å². The predicted octanol–water partition coefficient (Wildman–Crippen LogP) is 2.78. The Morgan fingerprint density at radius 1 is 1.38 bits per heavy atom. The van der Waals surface area contributed by atoms with Gasteiger partial charge in [-0.25, -0.2) is 0 Å². The fourth-order valence-corrected chi connectivity index (χ4v) is 3.03. The predicted molar refractivity (Wildman–Crippen MR) is 58.5 cm³/mol. The number of aryl methyl sites for hydroxylation is 1. The Morgan fingerprint density at radius 2 is 2.15 bits per heavy atom. The van der Waals surface area contributed by atoms with Gasteiger partial charge >= 0.3 is 0 Å². The van der Waals surface area contributed by atoms with Crippen molar-refractivity contribution in [2.24, 2.45) is 0 Å². The molecule has 1 nitrogen and oxygen atoms in total. The Kier molecular flexibility index (Phi) is 3.01. The van der Waals surface area contributed by atoms with E-state index < -0.39 is 0 Å². The topological polar surface area (TPSA) is 12.0 Å². The molecule has 1 aliphatic heterocycles. The highest BCUT2D eigenvalue weighted by molar-refractivity contribution is 7.12. The van der Waals surface area contributed by atoms with Crippen LogP contribution in [0.2, 0.25) is 0 Å². The fourth-order valence-electron chi connectivity index (χ4n) is 1.91. The number of hydrogen-bond acceptors (Lipinski definition) is 2. The van der Waals surface area contributed by atoms with Crippen molar-refractivity contribution in [2.75, 3.05) is 13.1 Å². The van der Waals surface area contributed by atoms with Crippen molar-refractivity contribution in [1.29, 1.82) is 0 Å². The summed E-state index contributed by atoms with van der Waals surface area (Å²) in [5.41, 5.74) is 0. The van der Waals surface area contributed by atoms with Gasteiger partial charge in [-0.3, -0.25) is 0 Å². The standard InChI is InChI=1S/C11H17NS/c1-2-10-3-4-11(13-10)9-5-7-12-8-6-9/h3-4,9,12H,2,5-8H2,1H3. The van der Waals surface area contributed by atoms with Crippen LogP contribution in [0.15, 0.2) is 12.1 Å². The molecule has 72 valence electrons. The molecule has 13 heavy (non-hydrogen) atoms. The zero-order valence-electron chi connectivity index (χ0n) is 8.18. The Morgan fingerprint density at radius 3 is 2.77 bits per heavy atom. The first-order valence-electron chi connectivity index (χ1n) is 5.19. The van der Waals surface area contributed by atoms with Crippen molar-refractivity contribution in [3.05, 3.63) is 21.9 Å². The summed E-state index contributed by atoms with van der Waals surface area (Å²) in [6.45, 7) is 4.63.